The Bertz CT molecular complexity index is 883. The maximum Gasteiger partial charge on any atom is 0.308 e. The number of pyridine rings is 1. The van der Waals surface area contributed by atoms with Crippen molar-refractivity contribution in [2.75, 3.05) is 32.8 Å². The van der Waals surface area contributed by atoms with Gasteiger partial charge in [-0.25, -0.2) is 0 Å². The second kappa shape index (κ2) is 15.2. The summed E-state index contributed by atoms with van der Waals surface area (Å²) in [6.07, 6.45) is 16.0. The second-order valence-electron chi connectivity index (χ2n) is 11.5. The monoisotopic (exact) mass is 526 g/mol. The molecule has 2 N–H and O–H groups in total. The van der Waals surface area contributed by atoms with Crippen molar-refractivity contribution in [1.82, 2.24) is 20.5 Å². The Morgan fingerprint density at radius 3 is 2.58 bits per heavy atom. The first-order chi connectivity index (χ1) is 18.6. The maximum atomic E-state index is 13.3. The van der Waals surface area contributed by atoms with Crippen LogP contribution < -0.4 is 10.6 Å². The fraction of sp³-hybridized carbons (Fsp3) is 0.733. The molecule has 1 aromatic rings. The Morgan fingerprint density at radius 2 is 1.82 bits per heavy atom. The molecule has 1 aliphatic carbocycles. The van der Waals surface area contributed by atoms with Crippen molar-refractivity contribution in [3.05, 3.63) is 30.1 Å². The predicted octanol–water partition coefficient (Wildman–Crippen LogP) is 4.16. The van der Waals surface area contributed by atoms with E-state index in [1.54, 1.807) is 12.4 Å². The van der Waals surface area contributed by atoms with Gasteiger partial charge in [0.15, 0.2) is 0 Å². The maximum absolute atomic E-state index is 13.3. The van der Waals surface area contributed by atoms with Crippen molar-refractivity contribution >= 4 is 17.8 Å². The molecule has 2 aliphatic heterocycles. The Hall–Kier alpha value is -2.48. The van der Waals surface area contributed by atoms with Crippen LogP contribution in [0.5, 0.6) is 0 Å². The van der Waals surface area contributed by atoms with E-state index in [-0.39, 0.29) is 30.1 Å². The average Bonchev–Trinajstić information content (AvgIpc) is 2.97. The topological polar surface area (TPSA) is 101 Å². The van der Waals surface area contributed by atoms with Crippen LogP contribution in [0.15, 0.2) is 24.5 Å². The van der Waals surface area contributed by atoms with Gasteiger partial charge in [-0.2, -0.15) is 0 Å². The zero-order valence-electron chi connectivity index (χ0n) is 22.9. The third-order valence-corrected chi connectivity index (χ3v) is 8.66. The number of piperidine rings is 2. The fourth-order valence-electron chi connectivity index (χ4n) is 6.24. The van der Waals surface area contributed by atoms with E-state index >= 15 is 0 Å². The molecule has 3 heterocycles. The van der Waals surface area contributed by atoms with E-state index in [1.165, 1.54) is 32.1 Å². The van der Waals surface area contributed by atoms with E-state index in [2.05, 4.69) is 15.6 Å². The third kappa shape index (κ3) is 9.07. The van der Waals surface area contributed by atoms with Crippen LogP contribution >= 0.6 is 0 Å². The van der Waals surface area contributed by atoms with Crippen LogP contribution in [0.4, 0.5) is 0 Å². The number of rotatable bonds is 11. The van der Waals surface area contributed by atoms with Crippen molar-refractivity contribution in [2.45, 2.75) is 89.5 Å². The molecule has 1 saturated carbocycles. The lowest BCUT2D eigenvalue weighted by atomic mass is 9.87. The van der Waals surface area contributed by atoms with Crippen molar-refractivity contribution in [1.29, 1.82) is 0 Å². The number of ether oxygens (including phenoxy) is 1. The van der Waals surface area contributed by atoms with Crippen molar-refractivity contribution in [3.8, 4) is 0 Å². The van der Waals surface area contributed by atoms with E-state index in [1.807, 2.05) is 17.0 Å². The summed E-state index contributed by atoms with van der Waals surface area (Å²) in [6, 6.07) is 3.20. The molecule has 1 aromatic heterocycles. The number of likely N-dealkylation sites (tertiary alicyclic amines) is 1. The molecule has 0 aromatic carbocycles. The van der Waals surface area contributed by atoms with Crippen LogP contribution in [0.2, 0.25) is 0 Å². The van der Waals surface area contributed by atoms with Crippen molar-refractivity contribution in [2.24, 2.45) is 17.8 Å². The fourth-order valence-corrected chi connectivity index (χ4v) is 6.24. The predicted molar refractivity (Wildman–Crippen MR) is 146 cm³/mol. The molecule has 210 valence electrons. The molecule has 4 rings (SSSR count). The first-order valence-electron chi connectivity index (χ1n) is 14.9. The largest absolute Gasteiger partial charge is 0.466 e. The first-order valence-corrected chi connectivity index (χ1v) is 14.9. The zero-order chi connectivity index (χ0) is 26.6. The minimum Gasteiger partial charge on any atom is -0.466 e. The smallest absolute Gasteiger partial charge is 0.308 e. The highest BCUT2D eigenvalue weighted by Gasteiger charge is 2.31. The van der Waals surface area contributed by atoms with E-state index in [0.717, 1.165) is 57.2 Å². The highest BCUT2D eigenvalue weighted by atomic mass is 16.5. The summed E-state index contributed by atoms with van der Waals surface area (Å²) in [5, 5.41) is 6.47. The lowest BCUT2D eigenvalue weighted by molar-refractivity contribution is -0.145. The van der Waals surface area contributed by atoms with Gasteiger partial charge in [-0.15, -0.1) is 0 Å². The van der Waals surface area contributed by atoms with Gasteiger partial charge in [-0.05, 0) is 75.1 Å². The van der Waals surface area contributed by atoms with Crippen molar-refractivity contribution in [3.63, 3.8) is 0 Å². The normalized spacial score (nSPS) is 22.0. The van der Waals surface area contributed by atoms with E-state index in [9.17, 15) is 14.4 Å². The molecule has 8 heteroatoms. The Labute approximate surface area is 227 Å². The lowest BCUT2D eigenvalue weighted by Crippen LogP contribution is -2.46. The van der Waals surface area contributed by atoms with Gasteiger partial charge in [0.2, 0.25) is 11.8 Å². The van der Waals surface area contributed by atoms with E-state index < -0.39 is 6.04 Å². The molecular formula is C30H46N4O4. The number of esters is 1. The summed E-state index contributed by atoms with van der Waals surface area (Å²) >= 11 is 0. The van der Waals surface area contributed by atoms with Crippen LogP contribution in [-0.2, 0) is 19.1 Å². The van der Waals surface area contributed by atoms with Crippen LogP contribution in [-0.4, -0.2) is 60.5 Å². The molecule has 0 radical (unpaired) electrons. The van der Waals surface area contributed by atoms with Gasteiger partial charge in [-0.1, -0.05) is 38.2 Å². The number of amides is 2. The second-order valence-corrected chi connectivity index (χ2v) is 11.5. The average molecular weight is 527 g/mol. The van der Waals surface area contributed by atoms with Crippen LogP contribution in [0.1, 0.15) is 95.1 Å². The Kier molecular flexibility index (Phi) is 11.4. The molecule has 0 spiro atoms. The molecule has 0 bridgehead atoms. The van der Waals surface area contributed by atoms with Gasteiger partial charge in [0.05, 0.1) is 25.0 Å². The molecule has 2 saturated heterocycles. The quantitative estimate of drug-likeness (QED) is 0.420. The number of hydrogen-bond donors (Lipinski definition) is 2. The van der Waals surface area contributed by atoms with Gasteiger partial charge in [-0.3, -0.25) is 19.4 Å². The molecule has 38 heavy (non-hydrogen) atoms. The number of nitrogens with one attached hydrogen (secondary N) is 2. The van der Waals surface area contributed by atoms with Gasteiger partial charge in [0.1, 0.15) is 0 Å². The van der Waals surface area contributed by atoms with Crippen molar-refractivity contribution < 1.29 is 19.1 Å². The summed E-state index contributed by atoms with van der Waals surface area (Å²) < 4.78 is 5.58. The highest BCUT2D eigenvalue weighted by Crippen LogP contribution is 2.27. The summed E-state index contributed by atoms with van der Waals surface area (Å²) in [7, 11) is 0. The van der Waals surface area contributed by atoms with Gasteiger partial charge >= 0.3 is 5.97 Å². The minimum atomic E-state index is -0.496. The number of nitrogens with zero attached hydrogens (tertiary/aromatic N) is 2. The third-order valence-electron chi connectivity index (χ3n) is 8.66. The Morgan fingerprint density at radius 1 is 1.03 bits per heavy atom. The molecule has 8 nitrogen and oxygen atoms in total. The Balaban J connectivity index is 1.27. The molecule has 3 aliphatic rings. The molecule has 0 unspecified atom stereocenters. The number of carbonyl (C=O) groups is 3. The van der Waals surface area contributed by atoms with Crippen LogP contribution in [0.3, 0.4) is 0 Å². The van der Waals surface area contributed by atoms with Gasteiger partial charge < -0.3 is 20.3 Å². The van der Waals surface area contributed by atoms with Gasteiger partial charge in [0.25, 0.3) is 0 Å². The SMILES string of the molecule is O=C(C[C@H](NC(=O)[C@@H]1CCCN(C(=O)CCC2CCNCC2)C1)c1cccnc1)OCCC1CCCCC1. The number of hydrogen-bond acceptors (Lipinski definition) is 6. The highest BCUT2D eigenvalue weighted by molar-refractivity contribution is 5.82. The van der Waals surface area contributed by atoms with Gasteiger partial charge in [0, 0.05) is 31.9 Å². The molecule has 2 atom stereocenters. The van der Waals surface area contributed by atoms with E-state index in [0.29, 0.717) is 38.0 Å². The first kappa shape index (κ1) is 28.5. The zero-order valence-corrected chi connectivity index (χ0v) is 22.9. The summed E-state index contributed by atoms with van der Waals surface area (Å²) in [5.74, 6) is 0.756. The van der Waals surface area contributed by atoms with E-state index in [4.69, 9.17) is 4.74 Å². The molecular weight excluding hydrogens is 480 g/mol. The molecule has 3 fully saturated rings. The lowest BCUT2D eigenvalue weighted by Gasteiger charge is -2.33. The van der Waals surface area contributed by atoms with Crippen LogP contribution in [0.25, 0.3) is 0 Å². The number of carbonyl (C=O) groups excluding carboxylic acids is 3. The standard InChI is InChI=1S/C30H46N4O4/c35-28(11-10-24-12-16-31-17-13-24)34-18-5-9-26(22-34)30(37)33-27(25-8-4-15-32-21-25)20-29(36)38-19-14-23-6-2-1-3-7-23/h4,8,15,21,23-24,26-27,31H,1-3,5-7,9-14,16-20,22H2,(H,33,37)/t26-,27+/m1/s1. The minimum absolute atomic E-state index is 0.0771. The number of aromatic nitrogens is 1. The molecule has 2 amide bonds. The summed E-state index contributed by atoms with van der Waals surface area (Å²) in [4.78, 5) is 45.0. The van der Waals surface area contributed by atoms with Crippen LogP contribution in [0, 0.1) is 17.8 Å². The summed E-state index contributed by atoms with van der Waals surface area (Å²) in [5.41, 5.74) is 0.788. The summed E-state index contributed by atoms with van der Waals surface area (Å²) in [6.45, 7) is 3.68.